The highest BCUT2D eigenvalue weighted by atomic mass is 16.7. The molecule has 104 valence electrons. The van der Waals surface area contributed by atoms with Crippen molar-refractivity contribution in [1.82, 2.24) is 0 Å². The van der Waals surface area contributed by atoms with Crippen LogP contribution < -0.4 is 0 Å². The maximum Gasteiger partial charge on any atom is 0.166 e. The molecule has 3 unspecified atom stereocenters. The number of ether oxygens (including phenoxy) is 3. The van der Waals surface area contributed by atoms with Gasteiger partial charge in [-0.2, -0.15) is 0 Å². The Morgan fingerprint density at radius 2 is 1.94 bits per heavy atom. The van der Waals surface area contributed by atoms with Crippen molar-refractivity contribution >= 4 is 5.78 Å². The summed E-state index contributed by atoms with van der Waals surface area (Å²) in [5.41, 5.74) is 0. The third-order valence-corrected chi connectivity index (χ3v) is 3.87. The van der Waals surface area contributed by atoms with Crippen molar-refractivity contribution in [2.45, 2.75) is 77.0 Å². The molecule has 4 nitrogen and oxygen atoms in total. The second kappa shape index (κ2) is 5.68. The summed E-state index contributed by atoms with van der Waals surface area (Å²) in [4.78, 5) is 11.6. The Labute approximate surface area is 109 Å². The Bertz CT molecular complexity index is 292. The minimum atomic E-state index is -0.490. The van der Waals surface area contributed by atoms with E-state index < -0.39 is 5.79 Å². The molecular weight excluding hydrogens is 232 g/mol. The quantitative estimate of drug-likeness (QED) is 0.775. The molecule has 0 aliphatic carbocycles. The van der Waals surface area contributed by atoms with Gasteiger partial charge in [0.15, 0.2) is 11.6 Å². The van der Waals surface area contributed by atoms with Crippen LogP contribution in [0.4, 0.5) is 0 Å². The topological polar surface area (TPSA) is 44.8 Å². The molecule has 0 bridgehead atoms. The fraction of sp³-hybridized carbons (Fsp3) is 0.929. The number of carbonyl (C=O) groups excluding carboxylic acids is 1. The number of hydrogen-bond acceptors (Lipinski definition) is 4. The van der Waals surface area contributed by atoms with E-state index in [1.807, 2.05) is 20.8 Å². The predicted octanol–water partition coefficient (Wildman–Crippen LogP) is 2.44. The fourth-order valence-electron chi connectivity index (χ4n) is 2.70. The molecule has 2 aliphatic heterocycles. The van der Waals surface area contributed by atoms with E-state index in [0.717, 1.165) is 32.3 Å². The number of rotatable bonds is 4. The highest BCUT2D eigenvalue weighted by Crippen LogP contribution is 2.32. The van der Waals surface area contributed by atoms with E-state index in [-0.39, 0.29) is 24.1 Å². The summed E-state index contributed by atoms with van der Waals surface area (Å²) >= 11 is 0. The van der Waals surface area contributed by atoms with E-state index in [4.69, 9.17) is 14.2 Å². The number of ketones is 1. The van der Waals surface area contributed by atoms with Gasteiger partial charge in [-0.1, -0.05) is 0 Å². The van der Waals surface area contributed by atoms with Gasteiger partial charge in [0.1, 0.15) is 6.10 Å². The van der Waals surface area contributed by atoms with Gasteiger partial charge in [0.2, 0.25) is 0 Å². The molecule has 0 aromatic heterocycles. The van der Waals surface area contributed by atoms with Gasteiger partial charge in [0.25, 0.3) is 0 Å². The summed E-state index contributed by atoms with van der Waals surface area (Å²) in [5, 5.41) is 0. The minimum Gasteiger partial charge on any atom is -0.370 e. The summed E-state index contributed by atoms with van der Waals surface area (Å²) in [5.74, 6) is -0.238. The lowest BCUT2D eigenvalue weighted by molar-refractivity contribution is -0.165. The van der Waals surface area contributed by atoms with E-state index in [9.17, 15) is 4.79 Å². The van der Waals surface area contributed by atoms with Gasteiger partial charge in [-0.3, -0.25) is 4.79 Å². The van der Waals surface area contributed by atoms with Gasteiger partial charge < -0.3 is 14.2 Å². The van der Waals surface area contributed by atoms with E-state index in [0.29, 0.717) is 6.42 Å². The lowest BCUT2D eigenvalue weighted by atomic mass is 10.0. The van der Waals surface area contributed by atoms with Crippen LogP contribution in [-0.4, -0.2) is 36.5 Å². The second-order valence-corrected chi connectivity index (χ2v) is 5.60. The van der Waals surface area contributed by atoms with Crippen molar-refractivity contribution in [3.8, 4) is 0 Å². The van der Waals surface area contributed by atoms with Gasteiger partial charge in [-0.05, 0) is 40.0 Å². The summed E-state index contributed by atoms with van der Waals surface area (Å²) in [6.07, 6.45) is 4.12. The van der Waals surface area contributed by atoms with Crippen molar-refractivity contribution < 1.29 is 19.0 Å². The van der Waals surface area contributed by atoms with Gasteiger partial charge in [0, 0.05) is 19.4 Å². The number of Topliss-reactive ketones (excluding diaryl/α,β-unsaturated/α-hetero) is 1. The van der Waals surface area contributed by atoms with Gasteiger partial charge >= 0.3 is 0 Å². The molecule has 0 radical (unpaired) electrons. The van der Waals surface area contributed by atoms with Crippen LogP contribution in [-0.2, 0) is 19.0 Å². The van der Waals surface area contributed by atoms with Crippen LogP contribution in [0.3, 0.4) is 0 Å². The van der Waals surface area contributed by atoms with Crippen molar-refractivity contribution in [2.24, 2.45) is 0 Å². The SMILES string of the molecule is CC1OC(C)(CCCC2OCCCC2=O)OC1C. The number of hydrogen-bond donors (Lipinski definition) is 0. The lowest BCUT2D eigenvalue weighted by Gasteiger charge is -2.25. The molecule has 2 aliphatic rings. The van der Waals surface area contributed by atoms with Crippen molar-refractivity contribution in [1.29, 1.82) is 0 Å². The molecule has 3 atom stereocenters. The van der Waals surface area contributed by atoms with E-state index in [1.54, 1.807) is 0 Å². The average Bonchev–Trinajstić information content (AvgIpc) is 2.56. The zero-order valence-electron chi connectivity index (χ0n) is 11.6. The molecular formula is C14H24O4. The third-order valence-electron chi connectivity index (χ3n) is 3.87. The van der Waals surface area contributed by atoms with Crippen molar-refractivity contribution in [3.05, 3.63) is 0 Å². The molecule has 2 fully saturated rings. The molecule has 0 aromatic rings. The maximum atomic E-state index is 11.6. The first-order valence-corrected chi connectivity index (χ1v) is 7.00. The molecule has 0 aromatic carbocycles. The third kappa shape index (κ3) is 3.31. The van der Waals surface area contributed by atoms with Gasteiger partial charge in [-0.25, -0.2) is 0 Å². The first-order valence-electron chi connectivity index (χ1n) is 7.00. The molecule has 0 amide bonds. The zero-order chi connectivity index (χ0) is 13.2. The van der Waals surface area contributed by atoms with Crippen LogP contribution in [0.5, 0.6) is 0 Å². The molecule has 2 saturated heterocycles. The highest BCUT2D eigenvalue weighted by Gasteiger charge is 2.39. The van der Waals surface area contributed by atoms with Crippen LogP contribution in [0.25, 0.3) is 0 Å². The van der Waals surface area contributed by atoms with E-state index >= 15 is 0 Å². The first kappa shape index (κ1) is 14.0. The van der Waals surface area contributed by atoms with Crippen molar-refractivity contribution in [2.75, 3.05) is 6.61 Å². The van der Waals surface area contributed by atoms with Crippen LogP contribution in [0.2, 0.25) is 0 Å². The van der Waals surface area contributed by atoms with Crippen LogP contribution in [0, 0.1) is 0 Å². The Morgan fingerprint density at radius 3 is 2.56 bits per heavy atom. The standard InChI is InChI=1S/C14H24O4/c1-10-11(2)18-14(3,17-10)8-4-7-13-12(15)6-5-9-16-13/h10-11,13H,4-9H2,1-3H3. The molecule has 18 heavy (non-hydrogen) atoms. The van der Waals surface area contributed by atoms with Crippen LogP contribution >= 0.6 is 0 Å². The normalized spacial score (nSPS) is 41.3. The summed E-state index contributed by atoms with van der Waals surface area (Å²) in [7, 11) is 0. The lowest BCUT2D eigenvalue weighted by Crippen LogP contribution is -2.31. The summed E-state index contributed by atoms with van der Waals surface area (Å²) in [6, 6.07) is 0. The summed E-state index contributed by atoms with van der Waals surface area (Å²) < 4.78 is 17.2. The molecule has 0 saturated carbocycles. The van der Waals surface area contributed by atoms with Crippen LogP contribution in [0.15, 0.2) is 0 Å². The average molecular weight is 256 g/mol. The first-order chi connectivity index (χ1) is 8.50. The van der Waals surface area contributed by atoms with E-state index in [1.165, 1.54) is 0 Å². The monoisotopic (exact) mass is 256 g/mol. The fourth-order valence-corrected chi connectivity index (χ4v) is 2.70. The summed E-state index contributed by atoms with van der Waals surface area (Å²) in [6.45, 7) is 6.76. The smallest absolute Gasteiger partial charge is 0.166 e. The molecule has 2 rings (SSSR count). The Balaban J connectivity index is 1.73. The molecule has 0 spiro atoms. The Hall–Kier alpha value is -0.450. The Kier molecular flexibility index (Phi) is 4.41. The second-order valence-electron chi connectivity index (χ2n) is 5.60. The van der Waals surface area contributed by atoms with E-state index in [2.05, 4.69) is 0 Å². The molecule has 0 N–H and O–H groups in total. The minimum absolute atomic E-state index is 0.141. The largest absolute Gasteiger partial charge is 0.370 e. The zero-order valence-corrected chi connectivity index (χ0v) is 11.6. The van der Waals surface area contributed by atoms with Gasteiger partial charge in [0.05, 0.1) is 12.2 Å². The van der Waals surface area contributed by atoms with Gasteiger partial charge in [-0.15, -0.1) is 0 Å². The highest BCUT2D eigenvalue weighted by molar-refractivity contribution is 5.83. The van der Waals surface area contributed by atoms with Crippen molar-refractivity contribution in [3.63, 3.8) is 0 Å². The van der Waals surface area contributed by atoms with Crippen LogP contribution in [0.1, 0.15) is 52.9 Å². The molecule has 4 heteroatoms. The predicted molar refractivity (Wildman–Crippen MR) is 67.3 cm³/mol. The number of carbonyl (C=O) groups is 1. The maximum absolute atomic E-state index is 11.6. The Morgan fingerprint density at radius 1 is 1.28 bits per heavy atom. The molecule has 2 heterocycles.